The predicted octanol–water partition coefficient (Wildman–Crippen LogP) is 7.06. The molecular weight excluding hydrogens is 349 g/mol. The van der Waals surface area contributed by atoms with Crippen LogP contribution in [0.5, 0.6) is 0 Å². The number of benzene rings is 1. The van der Waals surface area contributed by atoms with Gasteiger partial charge < -0.3 is 5.11 Å². The van der Waals surface area contributed by atoms with Crippen LogP contribution in [0.25, 0.3) is 0 Å². The molecule has 1 atom stereocenters. The van der Waals surface area contributed by atoms with Gasteiger partial charge >= 0.3 is 0 Å². The Morgan fingerprint density at radius 1 is 0.815 bits per heavy atom. The Morgan fingerprint density at radius 3 is 1.89 bits per heavy atom. The average molecular weight is 387 g/mol. The minimum Gasteiger partial charge on any atom is -0.389 e. The first-order valence-corrected chi connectivity index (χ1v) is 10.5. The van der Waals surface area contributed by atoms with Crippen molar-refractivity contribution in [2.75, 3.05) is 0 Å². The van der Waals surface area contributed by atoms with Crippen molar-refractivity contribution in [2.24, 2.45) is 17.8 Å². The summed E-state index contributed by atoms with van der Waals surface area (Å²) in [6.07, 6.45) is 7.76. The molecule has 1 aromatic carbocycles. The van der Waals surface area contributed by atoms with E-state index in [1.54, 1.807) is 0 Å². The SMILES string of the molecule is CCCCCCCCC(Cc1cc(F)c(F)cc1F)C(O)(C(C)C)C(C)C. The quantitative estimate of drug-likeness (QED) is 0.301. The third-order valence-corrected chi connectivity index (χ3v) is 5.97. The normalized spacial score (nSPS) is 13.6. The van der Waals surface area contributed by atoms with Crippen molar-refractivity contribution in [1.29, 1.82) is 0 Å². The van der Waals surface area contributed by atoms with Gasteiger partial charge in [-0.2, -0.15) is 0 Å². The van der Waals surface area contributed by atoms with Gasteiger partial charge in [-0.1, -0.05) is 73.1 Å². The van der Waals surface area contributed by atoms with Crippen LogP contribution in [0, 0.1) is 35.2 Å². The second-order valence-corrected chi connectivity index (χ2v) is 8.51. The zero-order chi connectivity index (χ0) is 20.6. The number of hydrogen-bond acceptors (Lipinski definition) is 1. The van der Waals surface area contributed by atoms with Gasteiger partial charge in [0.15, 0.2) is 11.6 Å². The smallest absolute Gasteiger partial charge is 0.161 e. The summed E-state index contributed by atoms with van der Waals surface area (Å²) in [5.74, 6) is -3.19. The highest BCUT2D eigenvalue weighted by Gasteiger charge is 2.42. The Labute approximate surface area is 163 Å². The van der Waals surface area contributed by atoms with E-state index >= 15 is 0 Å². The van der Waals surface area contributed by atoms with Crippen molar-refractivity contribution in [1.82, 2.24) is 0 Å². The van der Waals surface area contributed by atoms with E-state index in [9.17, 15) is 18.3 Å². The third kappa shape index (κ3) is 6.51. The minimum absolute atomic E-state index is 0.0176. The van der Waals surface area contributed by atoms with Crippen molar-refractivity contribution < 1.29 is 18.3 Å². The van der Waals surface area contributed by atoms with Gasteiger partial charge in [-0.3, -0.25) is 0 Å². The maximum absolute atomic E-state index is 14.2. The van der Waals surface area contributed by atoms with Crippen LogP contribution in [0.1, 0.15) is 85.1 Å². The Hall–Kier alpha value is -1.03. The first-order chi connectivity index (χ1) is 12.6. The summed E-state index contributed by atoms with van der Waals surface area (Å²) in [5.41, 5.74) is -0.842. The third-order valence-electron chi connectivity index (χ3n) is 5.97. The monoisotopic (exact) mass is 386 g/mol. The van der Waals surface area contributed by atoms with Gasteiger partial charge in [-0.05, 0) is 42.2 Å². The zero-order valence-corrected chi connectivity index (χ0v) is 17.6. The summed E-state index contributed by atoms with van der Waals surface area (Å²) >= 11 is 0. The Balaban J connectivity index is 2.98. The molecule has 0 spiro atoms. The molecule has 1 rings (SSSR count). The highest BCUT2D eigenvalue weighted by molar-refractivity contribution is 5.21. The van der Waals surface area contributed by atoms with E-state index < -0.39 is 23.1 Å². The van der Waals surface area contributed by atoms with Gasteiger partial charge in [-0.25, -0.2) is 13.2 Å². The number of rotatable bonds is 12. The van der Waals surface area contributed by atoms with E-state index in [1.807, 2.05) is 27.7 Å². The van der Waals surface area contributed by atoms with Gasteiger partial charge in [0, 0.05) is 6.07 Å². The van der Waals surface area contributed by atoms with E-state index in [0.717, 1.165) is 31.7 Å². The molecule has 4 heteroatoms. The van der Waals surface area contributed by atoms with E-state index in [-0.39, 0.29) is 29.7 Å². The van der Waals surface area contributed by atoms with Crippen LogP contribution in [-0.4, -0.2) is 10.7 Å². The summed E-state index contributed by atoms with van der Waals surface area (Å²) in [6.45, 7) is 10.1. The fourth-order valence-corrected chi connectivity index (χ4v) is 4.26. The van der Waals surface area contributed by atoms with Crippen LogP contribution in [0.3, 0.4) is 0 Å². The standard InChI is InChI=1S/C23H37F3O/c1-6-7-8-9-10-11-12-19(23(27,16(2)3)17(4)5)13-18-14-21(25)22(26)15-20(18)24/h14-17,19,27H,6-13H2,1-5H3. The number of aliphatic hydroxyl groups is 1. The molecule has 156 valence electrons. The summed E-state index contributed by atoms with van der Waals surface area (Å²) in [7, 11) is 0. The zero-order valence-electron chi connectivity index (χ0n) is 17.6. The number of hydrogen-bond donors (Lipinski definition) is 1. The van der Waals surface area contributed by atoms with E-state index in [4.69, 9.17) is 0 Å². The summed E-state index contributed by atoms with van der Waals surface area (Å²) in [4.78, 5) is 0. The van der Waals surface area contributed by atoms with Crippen LogP contribution < -0.4 is 0 Å². The van der Waals surface area contributed by atoms with E-state index in [0.29, 0.717) is 6.07 Å². The minimum atomic E-state index is -1.17. The highest BCUT2D eigenvalue weighted by Crippen LogP contribution is 2.39. The maximum atomic E-state index is 14.2. The molecule has 1 unspecified atom stereocenters. The molecule has 1 nitrogen and oxygen atoms in total. The molecular formula is C23H37F3O. The lowest BCUT2D eigenvalue weighted by Crippen LogP contribution is -2.48. The fraction of sp³-hybridized carbons (Fsp3) is 0.739. The molecule has 0 aliphatic rings. The van der Waals surface area contributed by atoms with Crippen molar-refractivity contribution in [3.63, 3.8) is 0 Å². The van der Waals surface area contributed by atoms with E-state index in [2.05, 4.69) is 6.92 Å². The van der Waals surface area contributed by atoms with Crippen LogP contribution in [-0.2, 0) is 6.42 Å². The topological polar surface area (TPSA) is 20.2 Å². The first-order valence-electron chi connectivity index (χ1n) is 10.5. The fourth-order valence-electron chi connectivity index (χ4n) is 4.26. The molecule has 0 aliphatic carbocycles. The van der Waals surface area contributed by atoms with Crippen molar-refractivity contribution in [3.8, 4) is 0 Å². The molecule has 0 fully saturated rings. The molecule has 0 saturated heterocycles. The lowest BCUT2D eigenvalue weighted by atomic mass is 9.67. The van der Waals surface area contributed by atoms with Crippen LogP contribution in [0.2, 0.25) is 0 Å². The van der Waals surface area contributed by atoms with Gasteiger partial charge in [0.25, 0.3) is 0 Å². The lowest BCUT2D eigenvalue weighted by Gasteiger charge is -2.43. The van der Waals surface area contributed by atoms with E-state index in [1.165, 1.54) is 19.3 Å². The summed E-state index contributed by atoms with van der Waals surface area (Å²) in [6, 6.07) is 1.55. The molecule has 0 bridgehead atoms. The Bertz CT molecular complexity index is 561. The molecule has 1 N–H and O–H groups in total. The van der Waals surface area contributed by atoms with Crippen LogP contribution in [0.15, 0.2) is 12.1 Å². The number of halogens is 3. The van der Waals surface area contributed by atoms with Crippen molar-refractivity contribution >= 4 is 0 Å². The van der Waals surface area contributed by atoms with Gasteiger partial charge in [0.1, 0.15) is 5.82 Å². The first kappa shape index (κ1) is 24.0. The highest BCUT2D eigenvalue weighted by atomic mass is 19.2. The second kappa shape index (κ2) is 11.1. The largest absolute Gasteiger partial charge is 0.389 e. The van der Waals surface area contributed by atoms with Gasteiger partial charge in [-0.15, -0.1) is 0 Å². The van der Waals surface area contributed by atoms with Crippen LogP contribution >= 0.6 is 0 Å². The Kier molecular flexibility index (Phi) is 9.86. The molecule has 0 aliphatic heterocycles. The molecule has 0 saturated carbocycles. The van der Waals surface area contributed by atoms with Crippen molar-refractivity contribution in [3.05, 3.63) is 35.1 Å². The summed E-state index contributed by atoms with van der Waals surface area (Å²) in [5, 5.41) is 11.5. The molecule has 27 heavy (non-hydrogen) atoms. The maximum Gasteiger partial charge on any atom is 0.161 e. The predicted molar refractivity (Wildman–Crippen MR) is 106 cm³/mol. The Morgan fingerprint density at radius 2 is 1.33 bits per heavy atom. The molecule has 1 aromatic rings. The number of unbranched alkanes of at least 4 members (excludes halogenated alkanes) is 5. The van der Waals surface area contributed by atoms with Crippen molar-refractivity contribution in [2.45, 2.75) is 91.6 Å². The van der Waals surface area contributed by atoms with Crippen LogP contribution in [0.4, 0.5) is 13.2 Å². The van der Waals surface area contributed by atoms with Gasteiger partial charge in [0.2, 0.25) is 0 Å². The molecule has 0 radical (unpaired) electrons. The van der Waals surface area contributed by atoms with Gasteiger partial charge in [0.05, 0.1) is 5.60 Å². The molecule has 0 amide bonds. The summed E-state index contributed by atoms with van der Waals surface area (Å²) < 4.78 is 41.1. The lowest BCUT2D eigenvalue weighted by molar-refractivity contribution is -0.0991. The average Bonchev–Trinajstić information content (AvgIpc) is 2.60. The second-order valence-electron chi connectivity index (χ2n) is 8.51. The molecule has 0 aromatic heterocycles. The molecule has 0 heterocycles.